The molecule has 1 rings (SSSR count). The molecule has 0 fully saturated rings. The first-order valence-electron chi connectivity index (χ1n) is 7.34. The van der Waals surface area contributed by atoms with Crippen molar-refractivity contribution in [3.05, 3.63) is 42.1 Å². The number of para-hydroxylation sites is 1. The van der Waals surface area contributed by atoms with Crippen LogP contribution in [-0.4, -0.2) is 11.4 Å². The molecule has 1 aromatic rings. The molecule has 120 valence electrons. The van der Waals surface area contributed by atoms with Gasteiger partial charge in [-0.15, -0.1) is 5.11 Å². The number of anilines is 1. The minimum absolute atomic E-state index is 0.0590. The molecule has 0 radical (unpaired) electrons. The van der Waals surface area contributed by atoms with Gasteiger partial charge in [0.15, 0.2) is 0 Å². The molecule has 0 aromatic heterocycles. The molecule has 1 amide bonds. The number of nitrogens with one attached hydrogen (secondary N) is 2. The molecule has 0 aliphatic heterocycles. The summed E-state index contributed by atoms with van der Waals surface area (Å²) in [5, 5.41) is 10.8. The van der Waals surface area contributed by atoms with Crippen molar-refractivity contribution in [1.82, 2.24) is 5.32 Å². The van der Waals surface area contributed by atoms with Crippen LogP contribution in [0.4, 0.5) is 5.69 Å². The summed E-state index contributed by atoms with van der Waals surface area (Å²) in [6.07, 6.45) is 3.60. The van der Waals surface area contributed by atoms with Crippen molar-refractivity contribution in [3.8, 4) is 0 Å². The van der Waals surface area contributed by atoms with Gasteiger partial charge < -0.3 is 5.32 Å². The summed E-state index contributed by atoms with van der Waals surface area (Å²) in [4.78, 5) is 12.3. The van der Waals surface area contributed by atoms with E-state index < -0.39 is 0 Å². The van der Waals surface area contributed by atoms with Gasteiger partial charge >= 0.3 is 0 Å². The first-order valence-corrected chi connectivity index (χ1v) is 7.34. The van der Waals surface area contributed by atoms with E-state index in [9.17, 15) is 4.79 Å². The van der Waals surface area contributed by atoms with E-state index in [1.165, 1.54) is 0 Å². The van der Waals surface area contributed by atoms with E-state index in [1.807, 2.05) is 39.0 Å². The maximum absolute atomic E-state index is 12.3. The Bertz CT molecular complexity index is 563. The number of allylic oxidation sites excluding steroid dienone is 1. The molecule has 0 aliphatic carbocycles. The van der Waals surface area contributed by atoms with Gasteiger partial charge in [0.2, 0.25) is 0 Å². The molecule has 2 N–H and O–H groups in total. The van der Waals surface area contributed by atoms with Gasteiger partial charge in [-0.2, -0.15) is 0 Å². The summed E-state index contributed by atoms with van der Waals surface area (Å²) in [5.41, 5.74) is 3.74. The number of rotatable bonds is 4. The zero-order valence-corrected chi connectivity index (χ0v) is 14.3. The first kappa shape index (κ1) is 17.9. The zero-order chi connectivity index (χ0) is 16.8. The van der Waals surface area contributed by atoms with Crippen LogP contribution in [0.3, 0.4) is 0 Å². The van der Waals surface area contributed by atoms with Crippen molar-refractivity contribution >= 4 is 11.6 Å². The second-order valence-corrected chi connectivity index (χ2v) is 7.26. The topological polar surface area (TPSA) is 65.8 Å². The Kier molecular flexibility index (Phi) is 5.85. The lowest BCUT2D eigenvalue weighted by Crippen LogP contribution is -2.40. The van der Waals surface area contributed by atoms with Crippen molar-refractivity contribution in [2.45, 2.75) is 47.1 Å². The smallest absolute Gasteiger partial charge is 0.253 e. The Morgan fingerprint density at radius 3 is 2.32 bits per heavy atom. The maximum Gasteiger partial charge on any atom is 0.253 e. The Morgan fingerprint density at radius 1 is 1.09 bits per heavy atom. The van der Waals surface area contributed by atoms with Crippen molar-refractivity contribution in [1.29, 1.82) is 0 Å². The van der Waals surface area contributed by atoms with Crippen molar-refractivity contribution < 1.29 is 4.79 Å². The molecule has 0 heterocycles. The largest absolute Gasteiger partial charge is 0.347 e. The number of carbonyl (C=O) groups is 1. The highest BCUT2D eigenvalue weighted by Gasteiger charge is 2.17. The molecule has 0 spiro atoms. The number of benzene rings is 1. The minimum atomic E-state index is -0.291. The molecular weight excluding hydrogens is 276 g/mol. The zero-order valence-electron chi connectivity index (χ0n) is 14.3. The molecule has 0 atom stereocenters. The average Bonchev–Trinajstić information content (AvgIpc) is 2.35. The van der Waals surface area contributed by atoms with Crippen LogP contribution in [0, 0.1) is 5.41 Å². The second-order valence-electron chi connectivity index (χ2n) is 7.26. The molecule has 0 bridgehead atoms. The number of amides is 1. The minimum Gasteiger partial charge on any atom is -0.347 e. The molecule has 5 heteroatoms. The summed E-state index contributed by atoms with van der Waals surface area (Å²) < 4.78 is 0. The van der Waals surface area contributed by atoms with Gasteiger partial charge in [-0.25, -0.2) is 0 Å². The Labute approximate surface area is 132 Å². The highest BCUT2D eigenvalue weighted by molar-refractivity contribution is 5.99. The standard InChI is InChI=1S/C17H26N4O/c1-16(2,3)11-12-18-21-20-14-10-8-7-9-13(14)15(22)19-17(4,5)6/h7-12H,1-6H3,(H,18,20)(H,19,22)/b12-11-. The van der Waals surface area contributed by atoms with E-state index in [4.69, 9.17) is 0 Å². The lowest BCUT2D eigenvalue weighted by atomic mass is 9.97. The predicted molar refractivity (Wildman–Crippen MR) is 90.7 cm³/mol. The number of nitrogens with zero attached hydrogens (tertiary/aromatic N) is 2. The van der Waals surface area contributed by atoms with Gasteiger partial charge in [0.25, 0.3) is 5.91 Å². The van der Waals surface area contributed by atoms with Gasteiger partial charge in [-0.1, -0.05) is 44.2 Å². The predicted octanol–water partition coefficient (Wildman–Crippen LogP) is 4.55. The van der Waals surface area contributed by atoms with E-state index in [2.05, 4.69) is 41.9 Å². The fraction of sp³-hybridized carbons (Fsp3) is 0.471. The summed E-state index contributed by atoms with van der Waals surface area (Å²) in [6, 6.07) is 7.21. The van der Waals surface area contributed by atoms with E-state index >= 15 is 0 Å². The van der Waals surface area contributed by atoms with Crippen molar-refractivity contribution in [3.63, 3.8) is 0 Å². The van der Waals surface area contributed by atoms with E-state index in [0.29, 0.717) is 11.3 Å². The second kappa shape index (κ2) is 7.20. The summed E-state index contributed by atoms with van der Waals surface area (Å²) in [6.45, 7) is 12.1. The van der Waals surface area contributed by atoms with E-state index in [-0.39, 0.29) is 16.9 Å². The lowest BCUT2D eigenvalue weighted by Gasteiger charge is -2.21. The Morgan fingerprint density at radius 2 is 1.73 bits per heavy atom. The Balaban J connectivity index is 2.78. The van der Waals surface area contributed by atoms with Crippen LogP contribution >= 0.6 is 0 Å². The average molecular weight is 302 g/mol. The first-order chi connectivity index (χ1) is 10.1. The highest BCUT2D eigenvalue weighted by Crippen LogP contribution is 2.17. The van der Waals surface area contributed by atoms with Gasteiger partial charge in [0.1, 0.15) is 0 Å². The van der Waals surface area contributed by atoms with Crippen LogP contribution in [0.25, 0.3) is 0 Å². The van der Waals surface area contributed by atoms with Crippen molar-refractivity contribution in [2.75, 3.05) is 5.43 Å². The third-order valence-electron chi connectivity index (χ3n) is 2.53. The van der Waals surface area contributed by atoms with Gasteiger partial charge in [0, 0.05) is 11.7 Å². The van der Waals surface area contributed by atoms with Crippen molar-refractivity contribution in [2.24, 2.45) is 15.8 Å². The lowest BCUT2D eigenvalue weighted by molar-refractivity contribution is 0.0920. The van der Waals surface area contributed by atoms with E-state index in [1.54, 1.807) is 18.3 Å². The van der Waals surface area contributed by atoms with Crippen LogP contribution in [0.5, 0.6) is 0 Å². The molecule has 0 saturated carbocycles. The van der Waals surface area contributed by atoms with Gasteiger partial charge in [-0.3, -0.25) is 10.2 Å². The van der Waals surface area contributed by atoms with Crippen LogP contribution < -0.4 is 10.7 Å². The quantitative estimate of drug-likeness (QED) is 0.632. The normalized spacial score (nSPS) is 12.8. The van der Waals surface area contributed by atoms with Gasteiger partial charge in [0.05, 0.1) is 11.3 Å². The van der Waals surface area contributed by atoms with Crippen LogP contribution in [0.15, 0.2) is 46.9 Å². The maximum atomic E-state index is 12.3. The third-order valence-corrected chi connectivity index (χ3v) is 2.53. The molecule has 0 unspecified atom stereocenters. The van der Waals surface area contributed by atoms with Gasteiger partial charge in [-0.05, 0) is 38.3 Å². The summed E-state index contributed by atoms with van der Waals surface area (Å²) in [5.74, 6) is -0.143. The summed E-state index contributed by atoms with van der Waals surface area (Å²) >= 11 is 0. The van der Waals surface area contributed by atoms with Crippen LogP contribution in [-0.2, 0) is 0 Å². The Hall–Kier alpha value is -2.17. The highest BCUT2D eigenvalue weighted by atomic mass is 16.1. The fourth-order valence-electron chi connectivity index (χ4n) is 1.56. The summed E-state index contributed by atoms with van der Waals surface area (Å²) in [7, 11) is 0. The third kappa shape index (κ3) is 7.02. The molecule has 1 aromatic carbocycles. The fourth-order valence-corrected chi connectivity index (χ4v) is 1.56. The molecule has 0 aliphatic rings. The number of carbonyl (C=O) groups excluding carboxylic acids is 1. The number of hydrogen-bond donors (Lipinski definition) is 2. The SMILES string of the molecule is CC(C)(C)/C=C\N=NNc1ccccc1C(=O)NC(C)(C)C. The monoisotopic (exact) mass is 302 g/mol. The molecule has 5 nitrogen and oxygen atoms in total. The van der Waals surface area contributed by atoms with Crippen LogP contribution in [0.2, 0.25) is 0 Å². The number of hydrogen-bond acceptors (Lipinski definition) is 3. The molecule has 22 heavy (non-hydrogen) atoms. The molecular formula is C17H26N4O. The van der Waals surface area contributed by atoms with E-state index in [0.717, 1.165) is 0 Å². The molecule has 0 saturated heterocycles. The van der Waals surface area contributed by atoms with Crippen LogP contribution in [0.1, 0.15) is 51.9 Å².